The lowest BCUT2D eigenvalue weighted by Gasteiger charge is -2.31. The molecule has 2 N–H and O–H groups in total. The lowest BCUT2D eigenvalue weighted by atomic mass is 10.2. The fourth-order valence-electron chi connectivity index (χ4n) is 3.54. The molecule has 2 amide bonds. The zero-order chi connectivity index (χ0) is 28.0. The molecule has 2 unspecified atom stereocenters. The van der Waals surface area contributed by atoms with Crippen LogP contribution >= 0.6 is 0 Å². The number of nitrogens with one attached hydrogen (secondary N) is 1. The predicted molar refractivity (Wildman–Crippen MR) is 139 cm³/mol. The van der Waals surface area contributed by atoms with Gasteiger partial charge in [-0.1, -0.05) is 19.9 Å². The standard InChI is InChI=1S/C16H22N4O3.C7H6F2O.C2H6.CH4O/c1-11-3-4-13(23-11)16(22)18-12-5-6-17-14(9-12)20-8-7-19(2)10-15(20)21;1-10-6-4-2-3-5(8)7(6)9;2*1-2/h5-6,9,11,13H,3-4,7-8,10H2,1-2H3,(H,17,18,22);2-4H,1H3;1-2H3;2H,1H3. The second-order valence-electron chi connectivity index (χ2n) is 7.94. The van der Waals surface area contributed by atoms with Gasteiger partial charge < -0.3 is 19.9 Å². The molecule has 9 nitrogen and oxygen atoms in total. The third-order valence-electron chi connectivity index (χ3n) is 5.36. The number of rotatable bonds is 4. The van der Waals surface area contributed by atoms with Crippen LogP contribution in [0.2, 0.25) is 0 Å². The van der Waals surface area contributed by atoms with E-state index in [1.54, 1.807) is 23.2 Å². The highest BCUT2D eigenvalue weighted by molar-refractivity contribution is 5.97. The molecule has 2 aromatic rings. The van der Waals surface area contributed by atoms with Gasteiger partial charge in [-0.3, -0.25) is 19.4 Å². The number of hydrogen-bond acceptors (Lipinski definition) is 7. The lowest BCUT2D eigenvalue weighted by Crippen LogP contribution is -2.49. The van der Waals surface area contributed by atoms with Crippen LogP contribution in [-0.2, 0) is 14.3 Å². The van der Waals surface area contributed by atoms with Crippen molar-refractivity contribution in [1.29, 1.82) is 0 Å². The highest BCUT2D eigenvalue weighted by Gasteiger charge is 2.28. The number of piperazine rings is 1. The Morgan fingerprint density at radius 3 is 2.46 bits per heavy atom. The molecule has 2 fully saturated rings. The van der Waals surface area contributed by atoms with E-state index in [1.165, 1.54) is 19.2 Å². The predicted octanol–water partition coefficient (Wildman–Crippen LogP) is 3.47. The first-order chi connectivity index (χ1) is 17.8. The molecule has 1 aromatic carbocycles. The first-order valence-electron chi connectivity index (χ1n) is 12.1. The van der Waals surface area contributed by atoms with Gasteiger partial charge in [0.1, 0.15) is 11.9 Å². The summed E-state index contributed by atoms with van der Waals surface area (Å²) >= 11 is 0. The van der Waals surface area contributed by atoms with E-state index in [1.807, 2.05) is 32.7 Å². The Balaban J connectivity index is 0.000000409. The van der Waals surface area contributed by atoms with Crippen LogP contribution in [-0.4, -0.2) is 79.9 Å². The van der Waals surface area contributed by atoms with Crippen LogP contribution < -0.4 is 15.0 Å². The number of hydrogen-bond donors (Lipinski definition) is 2. The van der Waals surface area contributed by atoms with E-state index in [9.17, 15) is 18.4 Å². The van der Waals surface area contributed by atoms with E-state index in [0.29, 0.717) is 24.6 Å². The summed E-state index contributed by atoms with van der Waals surface area (Å²) in [6.07, 6.45) is 2.97. The van der Waals surface area contributed by atoms with E-state index in [-0.39, 0.29) is 23.7 Å². The van der Waals surface area contributed by atoms with E-state index >= 15 is 0 Å². The number of pyridine rings is 1. The van der Waals surface area contributed by atoms with Gasteiger partial charge >= 0.3 is 0 Å². The lowest BCUT2D eigenvalue weighted by molar-refractivity contribution is -0.126. The summed E-state index contributed by atoms with van der Waals surface area (Å²) in [5.74, 6) is -1.45. The normalized spacial score (nSPS) is 18.8. The number of methoxy groups -OCH3 is 1. The third kappa shape index (κ3) is 9.67. The van der Waals surface area contributed by atoms with Crippen molar-refractivity contribution in [2.45, 2.75) is 45.8 Å². The minimum absolute atomic E-state index is 0.0164. The zero-order valence-electron chi connectivity index (χ0n) is 22.3. The summed E-state index contributed by atoms with van der Waals surface area (Å²) in [6.45, 7) is 7.75. The topological polar surface area (TPSA) is 104 Å². The van der Waals surface area contributed by atoms with E-state index in [4.69, 9.17) is 9.84 Å². The van der Waals surface area contributed by atoms with Gasteiger partial charge in [0.25, 0.3) is 5.91 Å². The first kappa shape index (κ1) is 31.9. The minimum Gasteiger partial charge on any atom is -0.494 e. The monoisotopic (exact) mass is 524 g/mol. The molecule has 0 saturated carbocycles. The second-order valence-corrected chi connectivity index (χ2v) is 7.94. The van der Waals surface area contributed by atoms with Crippen molar-refractivity contribution in [2.24, 2.45) is 0 Å². The Bertz CT molecular complexity index is 995. The molecule has 2 saturated heterocycles. The molecule has 2 aliphatic heterocycles. The Kier molecular flexibility index (Phi) is 14.3. The third-order valence-corrected chi connectivity index (χ3v) is 5.36. The number of aliphatic hydroxyl groups is 1. The minimum atomic E-state index is -0.940. The molecular formula is C26H38F2N4O5. The van der Waals surface area contributed by atoms with Gasteiger partial charge in [-0.15, -0.1) is 0 Å². The molecule has 206 valence electrons. The average molecular weight is 525 g/mol. The summed E-state index contributed by atoms with van der Waals surface area (Å²) in [7, 11) is 4.21. The van der Waals surface area contributed by atoms with Gasteiger partial charge in [-0.2, -0.15) is 4.39 Å². The maximum absolute atomic E-state index is 12.5. The summed E-state index contributed by atoms with van der Waals surface area (Å²) in [6, 6.07) is 7.24. The molecule has 0 spiro atoms. The van der Waals surface area contributed by atoms with Crippen molar-refractivity contribution in [3.8, 4) is 5.75 Å². The number of ether oxygens (including phenoxy) is 2. The maximum atomic E-state index is 12.5. The van der Waals surface area contributed by atoms with E-state index < -0.39 is 17.7 Å². The number of carbonyl (C=O) groups excluding carboxylic acids is 2. The van der Waals surface area contributed by atoms with Crippen LogP contribution in [0.5, 0.6) is 5.75 Å². The van der Waals surface area contributed by atoms with Crippen LogP contribution in [0.3, 0.4) is 0 Å². The molecule has 4 rings (SSSR count). The summed E-state index contributed by atoms with van der Waals surface area (Å²) in [4.78, 5) is 32.2. The number of carbonyl (C=O) groups is 2. The van der Waals surface area contributed by atoms with Gasteiger partial charge in [0, 0.05) is 38.1 Å². The highest BCUT2D eigenvalue weighted by atomic mass is 19.2. The Labute approximate surface area is 217 Å². The Hall–Kier alpha value is -3.15. The number of benzene rings is 1. The van der Waals surface area contributed by atoms with Crippen LogP contribution in [0.4, 0.5) is 20.3 Å². The molecule has 11 heteroatoms. The number of aliphatic hydroxyl groups excluding tert-OH is 1. The van der Waals surface area contributed by atoms with Crippen LogP contribution in [0.25, 0.3) is 0 Å². The zero-order valence-corrected chi connectivity index (χ0v) is 22.3. The molecule has 0 bridgehead atoms. The number of halogens is 2. The van der Waals surface area contributed by atoms with Gasteiger partial charge in [0.05, 0.1) is 19.8 Å². The van der Waals surface area contributed by atoms with Gasteiger partial charge in [-0.05, 0) is 45.0 Å². The van der Waals surface area contributed by atoms with Gasteiger partial charge in [-0.25, -0.2) is 9.37 Å². The second kappa shape index (κ2) is 16.6. The molecule has 2 aliphatic rings. The van der Waals surface area contributed by atoms with Gasteiger partial charge in [0.15, 0.2) is 11.6 Å². The Morgan fingerprint density at radius 2 is 1.89 bits per heavy atom. The molecule has 0 aliphatic carbocycles. The van der Waals surface area contributed by atoms with Crippen molar-refractivity contribution in [3.05, 3.63) is 48.2 Å². The number of anilines is 2. The largest absolute Gasteiger partial charge is 0.494 e. The Morgan fingerprint density at radius 1 is 1.19 bits per heavy atom. The molecule has 3 heterocycles. The van der Waals surface area contributed by atoms with Crippen LogP contribution in [0, 0.1) is 11.6 Å². The van der Waals surface area contributed by atoms with Crippen LogP contribution in [0.15, 0.2) is 36.5 Å². The average Bonchev–Trinajstić information content (AvgIpc) is 3.35. The van der Waals surface area contributed by atoms with Crippen LogP contribution in [0.1, 0.15) is 33.6 Å². The van der Waals surface area contributed by atoms with Gasteiger partial charge in [0.2, 0.25) is 11.7 Å². The number of aromatic nitrogens is 1. The van der Waals surface area contributed by atoms with Crippen molar-refractivity contribution >= 4 is 23.3 Å². The number of amides is 2. The van der Waals surface area contributed by atoms with Crippen molar-refractivity contribution in [1.82, 2.24) is 9.88 Å². The SMILES string of the molecule is CC.CC1CCC(C(=O)Nc2ccnc(N3CCN(C)CC3=O)c2)O1.CO.COc1cccc(F)c1F. The number of likely N-dealkylation sites (N-methyl/N-ethyl adjacent to an activating group) is 1. The maximum Gasteiger partial charge on any atom is 0.253 e. The molecule has 0 radical (unpaired) electrons. The summed E-state index contributed by atoms with van der Waals surface area (Å²) in [5, 5.41) is 9.86. The molecule has 2 atom stereocenters. The van der Waals surface area contributed by atoms with Crippen molar-refractivity contribution < 1.29 is 33.0 Å². The summed E-state index contributed by atoms with van der Waals surface area (Å²) < 4.78 is 34.9. The molecule has 1 aromatic heterocycles. The van der Waals surface area contributed by atoms with Crippen molar-refractivity contribution in [2.75, 3.05) is 51.1 Å². The molecular weight excluding hydrogens is 486 g/mol. The summed E-state index contributed by atoms with van der Waals surface area (Å²) in [5.41, 5.74) is 0.634. The smallest absolute Gasteiger partial charge is 0.253 e. The van der Waals surface area contributed by atoms with E-state index in [2.05, 4.69) is 15.0 Å². The number of nitrogens with zero attached hydrogens (tertiary/aromatic N) is 3. The van der Waals surface area contributed by atoms with Crippen molar-refractivity contribution in [3.63, 3.8) is 0 Å². The quantitative estimate of drug-likeness (QED) is 0.631. The highest BCUT2D eigenvalue weighted by Crippen LogP contribution is 2.22. The molecule has 37 heavy (non-hydrogen) atoms. The first-order valence-corrected chi connectivity index (χ1v) is 12.1. The fraction of sp³-hybridized carbons (Fsp3) is 0.500. The van der Waals surface area contributed by atoms with E-state index in [0.717, 1.165) is 32.6 Å². The fourth-order valence-corrected chi connectivity index (χ4v) is 3.54.